The van der Waals surface area contributed by atoms with Crippen LogP contribution >= 0.6 is 22.6 Å². The lowest BCUT2D eigenvalue weighted by Gasteiger charge is -2.18. The van der Waals surface area contributed by atoms with Gasteiger partial charge in [-0.3, -0.25) is 0 Å². The van der Waals surface area contributed by atoms with Gasteiger partial charge in [-0.05, 0) is 53.3 Å². The van der Waals surface area contributed by atoms with Crippen LogP contribution in [0.25, 0.3) is 0 Å². The van der Waals surface area contributed by atoms with Crippen molar-refractivity contribution in [2.45, 2.75) is 13.0 Å². The topological polar surface area (TPSA) is 35.2 Å². The molecule has 2 rings (SSSR count). The van der Waals surface area contributed by atoms with Crippen LogP contribution in [-0.4, -0.2) is 7.11 Å². The molecule has 2 N–H and O–H groups in total. The van der Waals surface area contributed by atoms with Gasteiger partial charge in [0.2, 0.25) is 0 Å². The van der Waals surface area contributed by atoms with Crippen molar-refractivity contribution in [1.82, 2.24) is 0 Å². The van der Waals surface area contributed by atoms with Gasteiger partial charge in [0.15, 0.2) is 0 Å². The summed E-state index contributed by atoms with van der Waals surface area (Å²) in [7, 11) is 1.62. The van der Waals surface area contributed by atoms with Gasteiger partial charge in [0.25, 0.3) is 0 Å². The molecule has 0 bridgehead atoms. The zero-order valence-corrected chi connectivity index (χ0v) is 12.9. The van der Waals surface area contributed by atoms with Crippen LogP contribution in [0.15, 0.2) is 36.4 Å². The Labute approximate surface area is 125 Å². The highest BCUT2D eigenvalue weighted by molar-refractivity contribution is 14.1. The summed E-state index contributed by atoms with van der Waals surface area (Å²) in [5, 5.41) is 0. The predicted octanol–water partition coefficient (Wildman–Crippen LogP) is 3.80. The van der Waals surface area contributed by atoms with Crippen molar-refractivity contribution >= 4 is 22.6 Å². The first-order chi connectivity index (χ1) is 9.02. The molecule has 2 nitrogen and oxygen atoms in total. The summed E-state index contributed by atoms with van der Waals surface area (Å²) in [6, 6.07) is 10.2. The number of hydrogen-bond donors (Lipinski definition) is 1. The SMILES string of the molecule is COc1ccc(C)cc1C(N)c1ccc(F)cc1I. The highest BCUT2D eigenvalue weighted by Crippen LogP contribution is 2.31. The molecule has 0 amide bonds. The molecule has 1 unspecified atom stereocenters. The first-order valence-electron chi connectivity index (χ1n) is 5.88. The Morgan fingerprint density at radius 1 is 1.16 bits per heavy atom. The summed E-state index contributed by atoms with van der Waals surface area (Å²) in [5.41, 5.74) is 9.22. The summed E-state index contributed by atoms with van der Waals surface area (Å²) in [6.07, 6.45) is 0. The maximum Gasteiger partial charge on any atom is 0.124 e. The fourth-order valence-corrected chi connectivity index (χ4v) is 2.83. The maximum absolute atomic E-state index is 13.2. The quantitative estimate of drug-likeness (QED) is 0.834. The van der Waals surface area contributed by atoms with Crippen molar-refractivity contribution in [3.05, 3.63) is 62.5 Å². The minimum Gasteiger partial charge on any atom is -0.496 e. The molecule has 0 aliphatic rings. The van der Waals surface area contributed by atoms with Gasteiger partial charge < -0.3 is 10.5 Å². The van der Waals surface area contributed by atoms with E-state index in [9.17, 15) is 4.39 Å². The number of benzene rings is 2. The first-order valence-corrected chi connectivity index (χ1v) is 6.96. The number of hydrogen-bond acceptors (Lipinski definition) is 2. The van der Waals surface area contributed by atoms with Crippen LogP contribution in [0.4, 0.5) is 4.39 Å². The average molecular weight is 371 g/mol. The van der Waals surface area contributed by atoms with Crippen molar-refractivity contribution < 1.29 is 9.13 Å². The van der Waals surface area contributed by atoms with Crippen LogP contribution in [0.2, 0.25) is 0 Å². The van der Waals surface area contributed by atoms with Gasteiger partial charge in [-0.2, -0.15) is 0 Å². The number of rotatable bonds is 3. The minimum atomic E-state index is -0.331. The number of aryl methyl sites for hydroxylation is 1. The number of methoxy groups -OCH3 is 1. The minimum absolute atomic E-state index is 0.253. The monoisotopic (exact) mass is 371 g/mol. The lowest BCUT2D eigenvalue weighted by atomic mass is 9.97. The molecule has 2 aromatic rings. The second-order valence-corrected chi connectivity index (χ2v) is 5.55. The van der Waals surface area contributed by atoms with Crippen LogP contribution in [0, 0.1) is 16.3 Å². The molecule has 0 spiro atoms. The van der Waals surface area contributed by atoms with E-state index in [1.165, 1.54) is 12.1 Å². The van der Waals surface area contributed by atoms with E-state index in [-0.39, 0.29) is 11.9 Å². The molecule has 0 aliphatic carbocycles. The molecular weight excluding hydrogens is 356 g/mol. The van der Waals surface area contributed by atoms with Crippen LogP contribution < -0.4 is 10.5 Å². The second kappa shape index (κ2) is 5.88. The Morgan fingerprint density at radius 3 is 2.53 bits per heavy atom. The zero-order chi connectivity index (χ0) is 14.0. The predicted molar refractivity (Wildman–Crippen MR) is 82.9 cm³/mol. The Bertz CT molecular complexity index is 601. The second-order valence-electron chi connectivity index (χ2n) is 4.39. The third-order valence-corrected chi connectivity index (χ3v) is 3.95. The third-order valence-electron chi connectivity index (χ3n) is 3.02. The highest BCUT2D eigenvalue weighted by Gasteiger charge is 2.17. The van der Waals surface area contributed by atoms with E-state index in [4.69, 9.17) is 10.5 Å². The van der Waals surface area contributed by atoms with Crippen LogP contribution in [0.3, 0.4) is 0 Å². The smallest absolute Gasteiger partial charge is 0.124 e. The third kappa shape index (κ3) is 3.06. The highest BCUT2D eigenvalue weighted by atomic mass is 127. The maximum atomic E-state index is 13.2. The van der Waals surface area contributed by atoms with Crippen LogP contribution in [0.5, 0.6) is 5.75 Å². The number of halogens is 2. The van der Waals surface area contributed by atoms with Crippen molar-refractivity contribution in [3.63, 3.8) is 0 Å². The van der Waals surface area contributed by atoms with E-state index in [1.807, 2.05) is 25.1 Å². The van der Waals surface area contributed by atoms with Crippen molar-refractivity contribution in [2.24, 2.45) is 5.73 Å². The lowest BCUT2D eigenvalue weighted by molar-refractivity contribution is 0.407. The average Bonchev–Trinajstić information content (AvgIpc) is 2.38. The fraction of sp³-hybridized carbons (Fsp3) is 0.200. The molecule has 0 saturated heterocycles. The molecule has 0 radical (unpaired) electrons. The van der Waals surface area contributed by atoms with Crippen LogP contribution in [0.1, 0.15) is 22.7 Å². The molecule has 0 aliphatic heterocycles. The van der Waals surface area contributed by atoms with E-state index in [0.717, 1.165) is 26.0 Å². The lowest BCUT2D eigenvalue weighted by Crippen LogP contribution is -2.14. The van der Waals surface area contributed by atoms with Crippen molar-refractivity contribution in [1.29, 1.82) is 0 Å². The molecular formula is C15H15FINO. The molecule has 0 aromatic heterocycles. The van der Waals surface area contributed by atoms with E-state index in [0.29, 0.717) is 0 Å². The van der Waals surface area contributed by atoms with Gasteiger partial charge in [0, 0.05) is 9.13 Å². The van der Waals surface area contributed by atoms with E-state index in [1.54, 1.807) is 13.2 Å². The van der Waals surface area contributed by atoms with Gasteiger partial charge in [-0.15, -0.1) is 0 Å². The van der Waals surface area contributed by atoms with Gasteiger partial charge in [0.05, 0.1) is 13.2 Å². The molecule has 1 atom stereocenters. The standard InChI is InChI=1S/C15H15FINO/c1-9-3-6-14(19-2)12(7-9)15(18)11-5-4-10(16)8-13(11)17/h3-8,15H,18H2,1-2H3. The zero-order valence-electron chi connectivity index (χ0n) is 10.8. The molecule has 19 heavy (non-hydrogen) atoms. The Kier molecular flexibility index (Phi) is 4.42. The fourth-order valence-electron chi connectivity index (χ4n) is 2.02. The first kappa shape index (κ1) is 14.3. The summed E-state index contributed by atoms with van der Waals surface area (Å²) >= 11 is 2.10. The van der Waals surface area contributed by atoms with E-state index in [2.05, 4.69) is 22.6 Å². The van der Waals surface area contributed by atoms with Gasteiger partial charge in [-0.25, -0.2) is 4.39 Å². The molecule has 0 saturated carbocycles. The van der Waals surface area contributed by atoms with E-state index >= 15 is 0 Å². The normalized spacial score (nSPS) is 12.3. The Hall–Kier alpha value is -1.14. The molecule has 2 aromatic carbocycles. The summed E-state index contributed by atoms with van der Waals surface area (Å²) in [6.45, 7) is 2.01. The number of ether oxygens (including phenoxy) is 1. The van der Waals surface area contributed by atoms with Crippen molar-refractivity contribution in [3.8, 4) is 5.75 Å². The van der Waals surface area contributed by atoms with E-state index < -0.39 is 0 Å². The summed E-state index contributed by atoms with van der Waals surface area (Å²) in [4.78, 5) is 0. The molecule has 0 heterocycles. The molecule has 0 fully saturated rings. The Balaban J connectivity index is 2.49. The van der Waals surface area contributed by atoms with Gasteiger partial charge in [0.1, 0.15) is 11.6 Å². The molecule has 4 heteroatoms. The van der Waals surface area contributed by atoms with Crippen molar-refractivity contribution in [2.75, 3.05) is 7.11 Å². The molecule has 100 valence electrons. The van der Waals surface area contributed by atoms with Gasteiger partial charge >= 0.3 is 0 Å². The largest absolute Gasteiger partial charge is 0.496 e. The number of nitrogens with two attached hydrogens (primary N) is 1. The van der Waals surface area contributed by atoms with Crippen LogP contribution in [-0.2, 0) is 0 Å². The van der Waals surface area contributed by atoms with Gasteiger partial charge in [-0.1, -0.05) is 23.8 Å². The Morgan fingerprint density at radius 2 is 1.89 bits per heavy atom. The summed E-state index contributed by atoms with van der Waals surface area (Å²) < 4.78 is 19.3. The summed E-state index contributed by atoms with van der Waals surface area (Å²) in [5.74, 6) is 0.495.